The minimum Gasteiger partial charge on any atom is -0.479 e. The lowest BCUT2D eigenvalue weighted by Gasteiger charge is -2.31. The lowest BCUT2D eigenvalue weighted by Crippen LogP contribution is -2.42. The number of aliphatic hydroxyl groups excluding tert-OH is 1. The first-order valence-corrected chi connectivity index (χ1v) is 7.12. The van der Waals surface area contributed by atoms with Crippen LogP contribution in [0.2, 0.25) is 0 Å². The van der Waals surface area contributed by atoms with Crippen LogP contribution in [0.25, 0.3) is 0 Å². The molecule has 0 aliphatic carbocycles. The maximum absolute atomic E-state index is 11.2. The molecule has 0 aromatic heterocycles. The lowest BCUT2D eigenvalue weighted by molar-refractivity contribution is -0.195. The van der Waals surface area contributed by atoms with Crippen LogP contribution in [0.15, 0.2) is 18.2 Å². The van der Waals surface area contributed by atoms with Gasteiger partial charge in [0.2, 0.25) is 20.0 Å². The van der Waals surface area contributed by atoms with Crippen molar-refractivity contribution in [1.82, 2.24) is 0 Å². The summed E-state index contributed by atoms with van der Waals surface area (Å²) in [6.45, 7) is -0.101. The smallest absolute Gasteiger partial charge is 0.333 e. The molecule has 3 atom stereocenters. The van der Waals surface area contributed by atoms with Crippen LogP contribution in [0.1, 0.15) is 28.8 Å². The van der Waals surface area contributed by atoms with Crippen molar-refractivity contribution in [2.75, 3.05) is 0 Å². The standard InChI is InChI=1S/C15H15BO8/c16-15(21)22-7-8-1-2-11(9(3-8)6-17)23-13-5-10(18)4-12(24-13)14(19)20/h1-3,6,10,12-13,18H,4-5,7H2,(H,19,20). The molecule has 24 heavy (non-hydrogen) atoms. The Morgan fingerprint density at radius 3 is 2.75 bits per heavy atom. The number of hydrogen-bond acceptors (Lipinski definition) is 7. The van der Waals surface area contributed by atoms with E-state index in [-0.39, 0.29) is 30.8 Å². The lowest BCUT2D eigenvalue weighted by atomic mass is 10.1. The highest BCUT2D eigenvalue weighted by Gasteiger charge is 2.34. The minimum atomic E-state index is -1.20. The van der Waals surface area contributed by atoms with Gasteiger partial charge in [0.05, 0.1) is 11.7 Å². The van der Waals surface area contributed by atoms with E-state index in [2.05, 4.69) is 4.74 Å². The Bertz CT molecular complexity index is 632. The molecule has 2 rings (SSSR count). The van der Waals surface area contributed by atoms with Crippen molar-refractivity contribution in [3.8, 4) is 5.75 Å². The Kier molecular flexibility index (Phi) is 5.94. The SMILES string of the molecule is [B]C(=O)OCc1ccc(OC2CC(O)CC(C(=O)O)O2)c(C=O)c1. The van der Waals surface area contributed by atoms with Gasteiger partial charge in [-0.1, -0.05) is 6.07 Å². The van der Waals surface area contributed by atoms with Crippen molar-refractivity contribution in [3.05, 3.63) is 29.3 Å². The second-order valence-corrected chi connectivity index (χ2v) is 5.23. The second-order valence-electron chi connectivity index (χ2n) is 5.23. The normalized spacial score (nSPS) is 23.3. The number of rotatable bonds is 6. The number of aliphatic hydroxyl groups is 1. The van der Waals surface area contributed by atoms with Gasteiger partial charge in [-0.05, 0) is 17.7 Å². The number of carbonyl (C=O) groups excluding carboxylic acids is 2. The average Bonchev–Trinajstić information content (AvgIpc) is 2.53. The molecule has 0 bridgehead atoms. The van der Waals surface area contributed by atoms with E-state index in [9.17, 15) is 19.5 Å². The molecular weight excluding hydrogens is 319 g/mol. The summed E-state index contributed by atoms with van der Waals surface area (Å²) >= 11 is 0. The summed E-state index contributed by atoms with van der Waals surface area (Å²) < 4.78 is 15.4. The van der Waals surface area contributed by atoms with E-state index in [0.717, 1.165) is 0 Å². The fourth-order valence-corrected chi connectivity index (χ4v) is 2.28. The zero-order valence-electron chi connectivity index (χ0n) is 12.6. The van der Waals surface area contributed by atoms with Crippen LogP contribution in [-0.2, 0) is 20.9 Å². The molecule has 2 radical (unpaired) electrons. The largest absolute Gasteiger partial charge is 0.479 e. The molecule has 0 amide bonds. The molecule has 8 nitrogen and oxygen atoms in total. The topological polar surface area (TPSA) is 119 Å². The predicted molar refractivity (Wildman–Crippen MR) is 79.9 cm³/mol. The molecular formula is C15H15BO8. The van der Waals surface area contributed by atoms with Crippen molar-refractivity contribution >= 4 is 26.0 Å². The van der Waals surface area contributed by atoms with E-state index >= 15 is 0 Å². The van der Waals surface area contributed by atoms with Gasteiger partial charge in [-0.2, -0.15) is 0 Å². The van der Waals surface area contributed by atoms with Gasteiger partial charge in [-0.25, -0.2) is 4.79 Å². The zero-order valence-corrected chi connectivity index (χ0v) is 12.6. The Balaban J connectivity index is 2.09. The fourth-order valence-electron chi connectivity index (χ4n) is 2.28. The summed E-state index contributed by atoms with van der Waals surface area (Å²) in [5, 5.41) is 18.7. The highest BCUT2D eigenvalue weighted by atomic mass is 16.7. The highest BCUT2D eigenvalue weighted by molar-refractivity contribution is 6.55. The average molecular weight is 334 g/mol. The molecule has 0 spiro atoms. The third kappa shape index (κ3) is 4.80. The molecule has 1 aromatic rings. The molecule has 1 aromatic carbocycles. The third-order valence-corrected chi connectivity index (χ3v) is 3.38. The Morgan fingerprint density at radius 2 is 2.12 bits per heavy atom. The second kappa shape index (κ2) is 7.94. The molecule has 2 N–H and O–H groups in total. The molecule has 126 valence electrons. The van der Waals surface area contributed by atoms with Gasteiger partial charge in [0.15, 0.2) is 12.4 Å². The van der Waals surface area contributed by atoms with Gasteiger partial charge in [-0.15, -0.1) is 0 Å². The van der Waals surface area contributed by atoms with Crippen LogP contribution in [-0.4, -0.2) is 54.7 Å². The van der Waals surface area contributed by atoms with Gasteiger partial charge in [0.1, 0.15) is 12.4 Å². The van der Waals surface area contributed by atoms with Crippen LogP contribution in [0.4, 0.5) is 4.79 Å². The van der Waals surface area contributed by atoms with Crippen molar-refractivity contribution in [2.45, 2.75) is 37.9 Å². The van der Waals surface area contributed by atoms with Crippen molar-refractivity contribution in [3.63, 3.8) is 0 Å². The van der Waals surface area contributed by atoms with E-state index in [0.29, 0.717) is 11.8 Å². The van der Waals surface area contributed by atoms with Gasteiger partial charge in [0, 0.05) is 12.8 Å². The molecule has 1 saturated heterocycles. The maximum atomic E-state index is 11.2. The van der Waals surface area contributed by atoms with Crippen LogP contribution in [0, 0.1) is 0 Å². The van der Waals surface area contributed by atoms with Gasteiger partial charge in [-0.3, -0.25) is 9.59 Å². The van der Waals surface area contributed by atoms with E-state index in [1.165, 1.54) is 12.1 Å². The molecule has 1 aliphatic rings. The van der Waals surface area contributed by atoms with Crippen LogP contribution < -0.4 is 4.74 Å². The number of aliphatic carboxylic acids is 1. The summed E-state index contributed by atoms with van der Waals surface area (Å²) in [5.74, 6) is -1.97. The van der Waals surface area contributed by atoms with E-state index in [1.54, 1.807) is 6.07 Å². The summed E-state index contributed by atoms with van der Waals surface area (Å²) in [6, 6.07) is 4.46. The maximum Gasteiger partial charge on any atom is 0.333 e. The molecule has 9 heteroatoms. The number of carboxylic acid groups (broad SMARTS) is 1. The van der Waals surface area contributed by atoms with Gasteiger partial charge < -0.3 is 24.4 Å². The minimum absolute atomic E-state index is 0.0286. The first-order valence-electron chi connectivity index (χ1n) is 7.12. The van der Waals surface area contributed by atoms with Crippen LogP contribution >= 0.6 is 0 Å². The number of carboxylic acids is 1. The first-order chi connectivity index (χ1) is 11.4. The number of ether oxygens (including phenoxy) is 3. The number of benzene rings is 1. The number of aldehydes is 1. The van der Waals surface area contributed by atoms with E-state index < -0.39 is 30.3 Å². The molecule has 1 aliphatic heterocycles. The molecule has 0 saturated carbocycles. The molecule has 1 heterocycles. The van der Waals surface area contributed by atoms with Crippen molar-refractivity contribution in [1.29, 1.82) is 0 Å². The zero-order chi connectivity index (χ0) is 17.7. The van der Waals surface area contributed by atoms with Gasteiger partial charge in [0.25, 0.3) is 0 Å². The summed E-state index contributed by atoms with van der Waals surface area (Å²) in [5.41, 5.74) is 0.687. The Morgan fingerprint density at radius 1 is 1.38 bits per heavy atom. The summed E-state index contributed by atoms with van der Waals surface area (Å²) in [4.78, 5) is 32.8. The monoisotopic (exact) mass is 334 g/mol. The fraction of sp³-hybridized carbons (Fsp3) is 0.400. The quantitative estimate of drug-likeness (QED) is 0.574. The van der Waals surface area contributed by atoms with E-state index in [4.69, 9.17) is 22.4 Å². The summed E-state index contributed by atoms with van der Waals surface area (Å²) in [6.07, 6.45) is -2.47. The van der Waals surface area contributed by atoms with Crippen LogP contribution in [0.5, 0.6) is 5.75 Å². The van der Waals surface area contributed by atoms with Gasteiger partial charge >= 0.3 is 5.97 Å². The van der Waals surface area contributed by atoms with Crippen LogP contribution in [0.3, 0.4) is 0 Å². The first kappa shape index (κ1) is 18.0. The Labute approximate surface area is 138 Å². The Hall–Kier alpha value is -2.39. The van der Waals surface area contributed by atoms with E-state index in [1.807, 2.05) is 0 Å². The molecule has 1 fully saturated rings. The molecule has 3 unspecified atom stereocenters. The highest BCUT2D eigenvalue weighted by Crippen LogP contribution is 2.26. The van der Waals surface area contributed by atoms with Crippen molar-refractivity contribution in [2.24, 2.45) is 0 Å². The number of carbonyl (C=O) groups is 3. The summed E-state index contributed by atoms with van der Waals surface area (Å²) in [7, 11) is 4.87. The predicted octanol–water partition coefficient (Wildman–Crippen LogP) is 0.634. The van der Waals surface area contributed by atoms with Crippen molar-refractivity contribution < 1.29 is 38.8 Å². The third-order valence-electron chi connectivity index (χ3n) is 3.38. The number of hydrogen-bond donors (Lipinski definition) is 2.